The molecule has 3 rings (SSSR count). The normalized spacial score (nSPS) is 11.6. The second-order valence-corrected chi connectivity index (χ2v) is 5.86. The third-order valence-corrected chi connectivity index (χ3v) is 3.94. The van der Waals surface area contributed by atoms with E-state index in [0.717, 1.165) is 5.56 Å². The van der Waals surface area contributed by atoms with Gasteiger partial charge in [0.05, 0.1) is 6.10 Å². The van der Waals surface area contributed by atoms with Crippen LogP contribution in [0.5, 0.6) is 0 Å². The van der Waals surface area contributed by atoms with Crippen LogP contribution in [-0.2, 0) is 4.74 Å². The zero-order chi connectivity index (χ0) is 18.9. The summed E-state index contributed by atoms with van der Waals surface area (Å²) in [5.41, 5.74) is 2.07. The minimum atomic E-state index is -0.295. The van der Waals surface area contributed by atoms with Gasteiger partial charge >= 0.3 is 0 Å². The van der Waals surface area contributed by atoms with Crippen LogP contribution >= 0.6 is 0 Å². The lowest BCUT2D eigenvalue weighted by Gasteiger charge is -2.18. The Morgan fingerprint density at radius 1 is 0.963 bits per heavy atom. The zero-order valence-electron chi connectivity index (χ0n) is 15.1. The van der Waals surface area contributed by atoms with Gasteiger partial charge in [-0.3, -0.25) is 4.79 Å². The molecular weight excluding hydrogens is 340 g/mol. The van der Waals surface area contributed by atoms with E-state index in [1.54, 1.807) is 12.1 Å². The van der Waals surface area contributed by atoms with E-state index in [9.17, 15) is 4.79 Å². The van der Waals surface area contributed by atoms with Crippen molar-refractivity contribution in [3.8, 4) is 0 Å². The highest BCUT2D eigenvalue weighted by Gasteiger charge is 2.12. The molecular formula is C21H22N4O2. The van der Waals surface area contributed by atoms with E-state index in [0.29, 0.717) is 24.7 Å². The van der Waals surface area contributed by atoms with Crippen LogP contribution in [0.3, 0.4) is 0 Å². The van der Waals surface area contributed by atoms with E-state index < -0.39 is 0 Å². The number of carbonyl (C=O) groups is 1. The van der Waals surface area contributed by atoms with Crippen molar-refractivity contribution in [2.45, 2.75) is 13.0 Å². The van der Waals surface area contributed by atoms with E-state index in [2.05, 4.69) is 20.8 Å². The number of aromatic nitrogens is 2. The molecule has 0 saturated heterocycles. The van der Waals surface area contributed by atoms with Crippen molar-refractivity contribution in [2.24, 2.45) is 0 Å². The number of carbonyl (C=O) groups excluding carboxylic acids is 1. The highest BCUT2D eigenvalue weighted by molar-refractivity contribution is 6.02. The molecule has 0 fully saturated rings. The molecule has 1 heterocycles. The molecule has 3 aromatic rings. The van der Waals surface area contributed by atoms with Gasteiger partial charge in [-0.1, -0.05) is 48.5 Å². The quantitative estimate of drug-likeness (QED) is 0.635. The second-order valence-electron chi connectivity index (χ2n) is 5.86. The van der Waals surface area contributed by atoms with Crippen molar-refractivity contribution < 1.29 is 9.53 Å². The second kappa shape index (κ2) is 9.45. The summed E-state index contributed by atoms with van der Waals surface area (Å²) in [6.45, 7) is 3.14. The Morgan fingerprint density at radius 3 is 2.30 bits per heavy atom. The maximum absolute atomic E-state index is 12.2. The summed E-state index contributed by atoms with van der Waals surface area (Å²) in [6, 6.07) is 22.6. The summed E-state index contributed by atoms with van der Waals surface area (Å²) < 4.78 is 5.80. The van der Waals surface area contributed by atoms with Crippen molar-refractivity contribution in [3.05, 3.63) is 84.1 Å². The summed E-state index contributed by atoms with van der Waals surface area (Å²) in [6.07, 6.45) is -0.0842. The molecule has 0 saturated carbocycles. The van der Waals surface area contributed by atoms with Crippen LogP contribution in [0.15, 0.2) is 72.8 Å². The first kappa shape index (κ1) is 18.5. The number of hydrogen-bond donors (Lipinski definition) is 2. The third kappa shape index (κ3) is 5.36. The van der Waals surface area contributed by atoms with E-state index in [-0.39, 0.29) is 17.7 Å². The first-order chi connectivity index (χ1) is 13.3. The highest BCUT2D eigenvalue weighted by atomic mass is 16.5. The van der Waals surface area contributed by atoms with Crippen LogP contribution in [-0.4, -0.2) is 29.3 Å². The molecule has 6 nitrogen and oxygen atoms in total. The summed E-state index contributed by atoms with van der Waals surface area (Å²) >= 11 is 0. The smallest absolute Gasteiger partial charge is 0.276 e. The number of nitrogens with zero attached hydrogens (tertiary/aromatic N) is 2. The van der Waals surface area contributed by atoms with Crippen molar-refractivity contribution >= 4 is 17.4 Å². The number of amides is 1. The number of nitrogens with one attached hydrogen (secondary N) is 2. The lowest BCUT2D eigenvalue weighted by molar-refractivity contribution is 0.0718. The van der Waals surface area contributed by atoms with Gasteiger partial charge in [0.15, 0.2) is 5.69 Å². The number of benzene rings is 2. The number of hydrogen-bond acceptors (Lipinski definition) is 5. The zero-order valence-corrected chi connectivity index (χ0v) is 15.1. The maximum Gasteiger partial charge on any atom is 0.276 e. The molecule has 2 N–H and O–H groups in total. The molecule has 138 valence electrons. The van der Waals surface area contributed by atoms with Crippen molar-refractivity contribution in [1.82, 2.24) is 10.2 Å². The topological polar surface area (TPSA) is 76.1 Å². The fourth-order valence-corrected chi connectivity index (χ4v) is 2.60. The fourth-order valence-electron chi connectivity index (χ4n) is 2.60. The standard InChI is InChI=1S/C21H22N4O2/c1-2-27-19(16-9-5-3-6-10-16)15-22-20-14-13-18(24-25-20)21(26)23-17-11-7-4-8-12-17/h3-14,19H,2,15H2,1H3,(H,22,25)(H,23,26). The SMILES string of the molecule is CCOC(CNc1ccc(C(=O)Nc2ccccc2)nn1)c1ccccc1. The lowest BCUT2D eigenvalue weighted by Crippen LogP contribution is -2.18. The van der Waals surface area contributed by atoms with Gasteiger partial charge in [-0.15, -0.1) is 10.2 Å². The van der Waals surface area contributed by atoms with E-state index in [1.807, 2.05) is 67.6 Å². The molecule has 27 heavy (non-hydrogen) atoms. The average Bonchev–Trinajstić information content (AvgIpc) is 2.73. The molecule has 6 heteroatoms. The Hall–Kier alpha value is -3.25. The fraction of sp³-hybridized carbons (Fsp3) is 0.190. The van der Waals surface area contributed by atoms with Crippen LogP contribution in [0.1, 0.15) is 29.1 Å². The Bertz CT molecular complexity index is 839. The number of anilines is 2. The van der Waals surface area contributed by atoms with Gasteiger partial charge in [0, 0.05) is 18.8 Å². The monoisotopic (exact) mass is 362 g/mol. The molecule has 1 unspecified atom stereocenters. The molecule has 1 atom stereocenters. The van der Waals surface area contributed by atoms with Gasteiger partial charge in [-0.2, -0.15) is 0 Å². The molecule has 0 radical (unpaired) electrons. The Kier molecular flexibility index (Phi) is 6.49. The predicted molar refractivity (Wildman–Crippen MR) is 106 cm³/mol. The minimum Gasteiger partial charge on any atom is -0.372 e. The third-order valence-electron chi connectivity index (χ3n) is 3.94. The van der Waals surface area contributed by atoms with Crippen LogP contribution in [0, 0.1) is 0 Å². The molecule has 0 aliphatic carbocycles. The van der Waals surface area contributed by atoms with Crippen molar-refractivity contribution in [1.29, 1.82) is 0 Å². The Morgan fingerprint density at radius 2 is 1.67 bits per heavy atom. The first-order valence-corrected chi connectivity index (χ1v) is 8.87. The van der Waals surface area contributed by atoms with Crippen LogP contribution in [0.25, 0.3) is 0 Å². The number of para-hydroxylation sites is 1. The lowest BCUT2D eigenvalue weighted by atomic mass is 10.1. The molecule has 0 aliphatic rings. The van der Waals surface area contributed by atoms with Crippen LogP contribution in [0.4, 0.5) is 11.5 Å². The maximum atomic E-state index is 12.2. The van der Waals surface area contributed by atoms with Gasteiger partial charge in [0.2, 0.25) is 0 Å². The van der Waals surface area contributed by atoms with E-state index in [1.165, 1.54) is 0 Å². The van der Waals surface area contributed by atoms with Crippen LogP contribution in [0.2, 0.25) is 0 Å². The number of rotatable bonds is 8. The largest absolute Gasteiger partial charge is 0.372 e. The molecule has 0 aliphatic heterocycles. The molecule has 0 bridgehead atoms. The summed E-state index contributed by atoms with van der Waals surface area (Å²) in [5, 5.41) is 14.1. The van der Waals surface area contributed by atoms with E-state index >= 15 is 0 Å². The predicted octanol–water partition coefficient (Wildman–Crippen LogP) is 3.92. The molecule has 1 amide bonds. The van der Waals surface area contributed by atoms with Gasteiger partial charge < -0.3 is 15.4 Å². The summed E-state index contributed by atoms with van der Waals surface area (Å²) in [7, 11) is 0. The van der Waals surface area contributed by atoms with Crippen molar-refractivity contribution in [3.63, 3.8) is 0 Å². The van der Waals surface area contributed by atoms with E-state index in [4.69, 9.17) is 4.74 Å². The summed E-state index contributed by atoms with van der Waals surface area (Å²) in [4.78, 5) is 12.2. The van der Waals surface area contributed by atoms with Crippen molar-refractivity contribution in [2.75, 3.05) is 23.8 Å². The summed E-state index contributed by atoms with van der Waals surface area (Å²) in [5.74, 6) is 0.295. The minimum absolute atomic E-state index is 0.0842. The van der Waals surface area contributed by atoms with Crippen LogP contribution < -0.4 is 10.6 Å². The Labute approximate surface area is 158 Å². The Balaban J connectivity index is 1.59. The van der Waals surface area contributed by atoms with Gasteiger partial charge in [0.25, 0.3) is 5.91 Å². The molecule has 1 aromatic heterocycles. The molecule has 0 spiro atoms. The average molecular weight is 362 g/mol. The highest BCUT2D eigenvalue weighted by Crippen LogP contribution is 2.18. The van der Waals surface area contributed by atoms with Gasteiger partial charge in [0.1, 0.15) is 5.82 Å². The van der Waals surface area contributed by atoms with Gasteiger partial charge in [-0.25, -0.2) is 0 Å². The van der Waals surface area contributed by atoms with Gasteiger partial charge in [-0.05, 0) is 36.8 Å². The molecule has 2 aromatic carbocycles. The number of ether oxygens (including phenoxy) is 1. The first-order valence-electron chi connectivity index (χ1n) is 8.87.